The Balaban J connectivity index is 2.30. The van der Waals surface area contributed by atoms with Crippen LogP contribution in [-0.2, 0) is 4.79 Å². The molecule has 0 bridgehead atoms. The molecule has 1 heterocycles. The van der Waals surface area contributed by atoms with Crippen LogP contribution < -0.4 is 0 Å². The van der Waals surface area contributed by atoms with E-state index in [0.29, 0.717) is 5.88 Å². The number of aliphatic hydroxyl groups is 1. The maximum absolute atomic E-state index is 10.7. The molecule has 1 atom stereocenters. The Morgan fingerprint density at radius 1 is 1.36 bits per heavy atom. The summed E-state index contributed by atoms with van der Waals surface area (Å²) in [5, 5.41) is 8.75. The molecule has 0 radical (unpaired) electrons. The van der Waals surface area contributed by atoms with Gasteiger partial charge < -0.3 is 9.90 Å². The molecule has 5 heteroatoms. The second-order valence-electron chi connectivity index (χ2n) is 3.46. The number of carbonyl (C=O) groups is 1. The summed E-state index contributed by atoms with van der Waals surface area (Å²) in [5.74, 6) is 0.365. The van der Waals surface area contributed by atoms with Crippen molar-refractivity contribution in [2.24, 2.45) is 0 Å². The van der Waals surface area contributed by atoms with Crippen molar-refractivity contribution < 1.29 is 9.90 Å². The standard InChI is InChI=1S/C9H17ClN2O2/c10-7-9(8-14)12-3-1-11(2-4-12)5-6-13/h8-9,13H,1-7H2. The summed E-state index contributed by atoms with van der Waals surface area (Å²) >= 11 is 5.67. The minimum Gasteiger partial charge on any atom is -0.395 e. The molecule has 0 aromatic rings. The van der Waals surface area contributed by atoms with Crippen LogP contribution in [0.3, 0.4) is 0 Å². The molecule has 0 aromatic heterocycles. The molecule has 1 N–H and O–H groups in total. The number of β-amino-alcohol motifs (C(OH)–C–C–N with tert-alkyl or cyclic N) is 1. The van der Waals surface area contributed by atoms with Gasteiger partial charge in [0.1, 0.15) is 6.29 Å². The van der Waals surface area contributed by atoms with Crippen LogP contribution in [0.1, 0.15) is 0 Å². The van der Waals surface area contributed by atoms with E-state index in [1.54, 1.807) is 0 Å². The van der Waals surface area contributed by atoms with Gasteiger partial charge in [-0.1, -0.05) is 0 Å². The average Bonchev–Trinajstić information content (AvgIpc) is 2.23. The zero-order valence-electron chi connectivity index (χ0n) is 8.23. The lowest BCUT2D eigenvalue weighted by molar-refractivity contribution is -0.112. The molecule has 0 spiro atoms. The number of aldehydes is 1. The van der Waals surface area contributed by atoms with Crippen molar-refractivity contribution in [3.8, 4) is 0 Å². The second kappa shape index (κ2) is 6.35. The van der Waals surface area contributed by atoms with Crippen LogP contribution in [0.2, 0.25) is 0 Å². The molecule has 0 aliphatic carbocycles. The molecule has 1 aliphatic rings. The number of alkyl halides is 1. The number of nitrogens with zero attached hydrogens (tertiary/aromatic N) is 2. The van der Waals surface area contributed by atoms with Crippen molar-refractivity contribution in [2.45, 2.75) is 6.04 Å². The van der Waals surface area contributed by atoms with Crippen LogP contribution in [0.25, 0.3) is 0 Å². The Labute approximate surface area is 89.4 Å². The number of hydrogen-bond donors (Lipinski definition) is 1. The summed E-state index contributed by atoms with van der Waals surface area (Å²) in [5.41, 5.74) is 0. The van der Waals surface area contributed by atoms with E-state index < -0.39 is 0 Å². The normalized spacial score (nSPS) is 22.1. The summed E-state index contributed by atoms with van der Waals surface area (Å²) in [6, 6.07) is -0.145. The predicted molar refractivity (Wildman–Crippen MR) is 55.7 cm³/mol. The first-order chi connectivity index (χ1) is 6.81. The van der Waals surface area contributed by atoms with Gasteiger partial charge in [0.25, 0.3) is 0 Å². The van der Waals surface area contributed by atoms with Gasteiger partial charge in [-0.25, -0.2) is 0 Å². The van der Waals surface area contributed by atoms with E-state index in [4.69, 9.17) is 16.7 Å². The fraction of sp³-hybridized carbons (Fsp3) is 0.889. The number of aliphatic hydroxyl groups excluding tert-OH is 1. The monoisotopic (exact) mass is 220 g/mol. The highest BCUT2D eigenvalue weighted by Gasteiger charge is 2.22. The minimum atomic E-state index is -0.145. The van der Waals surface area contributed by atoms with Gasteiger partial charge in [-0.15, -0.1) is 11.6 Å². The summed E-state index contributed by atoms with van der Waals surface area (Å²) < 4.78 is 0. The summed E-state index contributed by atoms with van der Waals surface area (Å²) in [7, 11) is 0. The molecule has 0 amide bonds. The summed E-state index contributed by atoms with van der Waals surface area (Å²) in [6.07, 6.45) is 0.911. The van der Waals surface area contributed by atoms with E-state index >= 15 is 0 Å². The van der Waals surface area contributed by atoms with Crippen molar-refractivity contribution in [1.29, 1.82) is 0 Å². The number of halogens is 1. The smallest absolute Gasteiger partial charge is 0.138 e. The molecular formula is C9H17ClN2O2. The van der Waals surface area contributed by atoms with Crippen molar-refractivity contribution in [3.63, 3.8) is 0 Å². The third kappa shape index (κ3) is 3.20. The molecule has 4 nitrogen and oxygen atoms in total. The molecule has 0 saturated carbocycles. The number of piperazine rings is 1. The fourth-order valence-electron chi connectivity index (χ4n) is 1.68. The van der Waals surface area contributed by atoms with Crippen molar-refractivity contribution in [3.05, 3.63) is 0 Å². The highest BCUT2D eigenvalue weighted by Crippen LogP contribution is 2.06. The Bertz CT molecular complexity index is 172. The van der Waals surface area contributed by atoms with E-state index in [-0.39, 0.29) is 12.6 Å². The molecule has 1 rings (SSSR count). The first kappa shape index (κ1) is 11.9. The van der Waals surface area contributed by atoms with Gasteiger partial charge in [0.15, 0.2) is 0 Å². The van der Waals surface area contributed by atoms with Crippen LogP contribution in [0, 0.1) is 0 Å². The van der Waals surface area contributed by atoms with Gasteiger partial charge in [0.2, 0.25) is 0 Å². The minimum absolute atomic E-state index is 0.145. The van der Waals surface area contributed by atoms with E-state index in [1.807, 2.05) is 0 Å². The van der Waals surface area contributed by atoms with Gasteiger partial charge >= 0.3 is 0 Å². The lowest BCUT2D eigenvalue weighted by Gasteiger charge is -2.36. The third-order valence-corrected chi connectivity index (χ3v) is 2.92. The first-order valence-corrected chi connectivity index (χ1v) is 5.43. The number of rotatable bonds is 5. The van der Waals surface area contributed by atoms with Gasteiger partial charge in [-0.05, 0) is 0 Å². The van der Waals surface area contributed by atoms with Crippen molar-refractivity contribution in [1.82, 2.24) is 9.80 Å². The van der Waals surface area contributed by atoms with E-state index in [2.05, 4.69) is 9.80 Å². The molecule has 1 fully saturated rings. The lowest BCUT2D eigenvalue weighted by atomic mass is 10.2. The molecule has 1 unspecified atom stereocenters. The lowest BCUT2D eigenvalue weighted by Crippen LogP contribution is -2.51. The predicted octanol–water partition coefficient (Wildman–Crippen LogP) is -0.597. The summed E-state index contributed by atoms with van der Waals surface area (Å²) in [4.78, 5) is 14.9. The van der Waals surface area contributed by atoms with Gasteiger partial charge in [0, 0.05) is 38.6 Å². The van der Waals surface area contributed by atoms with Crippen molar-refractivity contribution >= 4 is 17.9 Å². The van der Waals surface area contributed by atoms with Crippen LogP contribution in [0.4, 0.5) is 0 Å². The average molecular weight is 221 g/mol. The Morgan fingerprint density at radius 2 is 2.00 bits per heavy atom. The topological polar surface area (TPSA) is 43.8 Å². The highest BCUT2D eigenvalue weighted by molar-refractivity contribution is 6.19. The van der Waals surface area contributed by atoms with Crippen molar-refractivity contribution in [2.75, 3.05) is 45.2 Å². The van der Waals surface area contributed by atoms with Gasteiger partial charge in [0.05, 0.1) is 12.6 Å². The molecule has 1 aliphatic heterocycles. The molecule has 14 heavy (non-hydrogen) atoms. The van der Waals surface area contributed by atoms with E-state index in [9.17, 15) is 4.79 Å². The van der Waals surface area contributed by atoms with E-state index in [1.165, 1.54) is 0 Å². The van der Waals surface area contributed by atoms with Gasteiger partial charge in [-0.3, -0.25) is 9.80 Å². The van der Waals surface area contributed by atoms with Crippen LogP contribution in [0.15, 0.2) is 0 Å². The molecule has 1 saturated heterocycles. The Kier molecular flexibility index (Phi) is 5.40. The first-order valence-electron chi connectivity index (χ1n) is 4.90. The molecular weight excluding hydrogens is 204 g/mol. The molecule has 82 valence electrons. The fourth-order valence-corrected chi connectivity index (χ4v) is 1.95. The third-order valence-electron chi connectivity index (χ3n) is 2.61. The zero-order valence-corrected chi connectivity index (χ0v) is 8.99. The summed E-state index contributed by atoms with van der Waals surface area (Å²) in [6.45, 7) is 4.45. The van der Waals surface area contributed by atoms with Crippen LogP contribution >= 0.6 is 11.6 Å². The maximum atomic E-state index is 10.7. The van der Waals surface area contributed by atoms with E-state index in [0.717, 1.165) is 39.0 Å². The quantitative estimate of drug-likeness (QED) is 0.497. The second-order valence-corrected chi connectivity index (χ2v) is 3.77. The Morgan fingerprint density at radius 3 is 2.43 bits per heavy atom. The highest BCUT2D eigenvalue weighted by atomic mass is 35.5. The maximum Gasteiger partial charge on any atom is 0.138 e. The van der Waals surface area contributed by atoms with Gasteiger partial charge in [-0.2, -0.15) is 0 Å². The SMILES string of the molecule is O=CC(CCl)N1CCN(CCO)CC1. The number of carbonyl (C=O) groups excluding carboxylic acids is 1. The zero-order chi connectivity index (χ0) is 10.4. The largest absolute Gasteiger partial charge is 0.395 e. The molecule has 0 aromatic carbocycles. The van der Waals surface area contributed by atoms with Crippen LogP contribution in [0.5, 0.6) is 0 Å². The Hall–Kier alpha value is -0.160. The number of hydrogen-bond acceptors (Lipinski definition) is 4. The van der Waals surface area contributed by atoms with Crippen LogP contribution in [-0.4, -0.2) is 72.4 Å².